The Morgan fingerprint density at radius 2 is 1.90 bits per heavy atom. The van der Waals surface area contributed by atoms with Crippen molar-refractivity contribution in [2.75, 3.05) is 0 Å². The Morgan fingerprint density at radius 3 is 2.33 bits per heavy atom. The fourth-order valence-corrected chi connectivity index (χ4v) is 3.88. The zero-order chi connectivity index (χ0) is 15.8. The number of aryl methyl sites for hydroxylation is 2. The molecule has 4 heteroatoms. The molecule has 1 aromatic rings. The monoisotopic (exact) mass is 312 g/mol. The SMILES string of the molecule is CCc1nn(C)c(CC2(O)CCC(C(C)(C)C)CC2)c1Cl. The molecule has 2 rings (SSSR count). The predicted molar refractivity (Wildman–Crippen MR) is 87.7 cm³/mol. The Hall–Kier alpha value is -0.540. The van der Waals surface area contributed by atoms with Crippen LogP contribution in [0.5, 0.6) is 0 Å². The summed E-state index contributed by atoms with van der Waals surface area (Å²) in [5, 5.41) is 16.1. The molecule has 0 unspecified atom stereocenters. The van der Waals surface area contributed by atoms with E-state index in [0.29, 0.717) is 17.8 Å². The number of halogens is 1. The van der Waals surface area contributed by atoms with Crippen LogP contribution < -0.4 is 0 Å². The van der Waals surface area contributed by atoms with Gasteiger partial charge in [-0.1, -0.05) is 39.3 Å². The minimum Gasteiger partial charge on any atom is -0.389 e. The van der Waals surface area contributed by atoms with Crippen molar-refractivity contribution in [3.8, 4) is 0 Å². The van der Waals surface area contributed by atoms with Crippen molar-refractivity contribution in [2.45, 2.75) is 71.8 Å². The zero-order valence-corrected chi connectivity index (χ0v) is 14.8. The van der Waals surface area contributed by atoms with Gasteiger partial charge in [0.05, 0.1) is 22.0 Å². The molecule has 0 radical (unpaired) electrons. The molecule has 1 aliphatic carbocycles. The van der Waals surface area contributed by atoms with Crippen LogP contribution in [0.4, 0.5) is 0 Å². The van der Waals surface area contributed by atoms with E-state index in [1.165, 1.54) is 0 Å². The second-order valence-electron chi connectivity index (χ2n) is 7.73. The average molecular weight is 313 g/mol. The summed E-state index contributed by atoms with van der Waals surface area (Å²) in [5.74, 6) is 0.700. The van der Waals surface area contributed by atoms with Crippen LogP contribution in [0.25, 0.3) is 0 Å². The molecule has 0 saturated heterocycles. The maximum absolute atomic E-state index is 10.9. The van der Waals surface area contributed by atoms with E-state index >= 15 is 0 Å². The molecule has 120 valence electrons. The first-order chi connectivity index (χ1) is 9.66. The van der Waals surface area contributed by atoms with Gasteiger partial charge in [0.25, 0.3) is 0 Å². The Bertz CT molecular complexity index is 494. The minimum atomic E-state index is -0.621. The van der Waals surface area contributed by atoms with Gasteiger partial charge in [-0.05, 0) is 43.4 Å². The standard InChI is InChI=1S/C17H29ClN2O/c1-6-13-15(18)14(20(5)19-13)11-17(21)9-7-12(8-10-17)16(2,3)4/h12,21H,6-11H2,1-5H3. The first-order valence-corrected chi connectivity index (χ1v) is 8.47. The summed E-state index contributed by atoms with van der Waals surface area (Å²) in [7, 11) is 1.92. The van der Waals surface area contributed by atoms with Crippen LogP contribution in [-0.2, 0) is 19.9 Å². The van der Waals surface area contributed by atoms with E-state index in [1.54, 1.807) is 0 Å². The summed E-state index contributed by atoms with van der Waals surface area (Å²) in [6.45, 7) is 8.95. The Labute approximate surface area is 133 Å². The normalized spacial score (nSPS) is 27.1. The third-order valence-corrected chi connectivity index (χ3v) is 5.58. The highest BCUT2D eigenvalue weighted by molar-refractivity contribution is 6.31. The van der Waals surface area contributed by atoms with Gasteiger partial charge in [0.15, 0.2) is 0 Å². The fraction of sp³-hybridized carbons (Fsp3) is 0.824. The maximum Gasteiger partial charge on any atom is 0.0850 e. The Balaban J connectivity index is 2.09. The topological polar surface area (TPSA) is 38.0 Å². The third kappa shape index (κ3) is 3.62. The maximum atomic E-state index is 10.9. The second-order valence-corrected chi connectivity index (χ2v) is 8.10. The number of rotatable bonds is 3. The van der Waals surface area contributed by atoms with Crippen molar-refractivity contribution >= 4 is 11.6 Å². The van der Waals surface area contributed by atoms with Crippen molar-refractivity contribution < 1.29 is 5.11 Å². The molecule has 0 spiro atoms. The molecule has 1 aromatic heterocycles. The van der Waals surface area contributed by atoms with E-state index in [4.69, 9.17) is 11.6 Å². The van der Waals surface area contributed by atoms with E-state index in [2.05, 4.69) is 32.8 Å². The zero-order valence-electron chi connectivity index (χ0n) is 14.0. The molecule has 1 N–H and O–H groups in total. The number of nitrogens with zero attached hydrogens (tertiary/aromatic N) is 2. The van der Waals surface area contributed by atoms with Crippen LogP contribution in [-0.4, -0.2) is 20.5 Å². The molecule has 0 atom stereocenters. The average Bonchev–Trinajstić information content (AvgIpc) is 2.65. The van der Waals surface area contributed by atoms with Crippen LogP contribution in [0.15, 0.2) is 0 Å². The lowest BCUT2D eigenvalue weighted by atomic mass is 9.67. The van der Waals surface area contributed by atoms with Crippen LogP contribution in [0.2, 0.25) is 5.02 Å². The summed E-state index contributed by atoms with van der Waals surface area (Å²) in [6, 6.07) is 0. The molecule has 0 bridgehead atoms. The van der Waals surface area contributed by atoms with Gasteiger partial charge in [-0.2, -0.15) is 5.10 Å². The van der Waals surface area contributed by atoms with E-state index in [1.807, 2.05) is 11.7 Å². The molecule has 0 amide bonds. The summed E-state index contributed by atoms with van der Waals surface area (Å²) in [6.07, 6.45) is 5.35. The smallest absolute Gasteiger partial charge is 0.0850 e. The Kier molecular flexibility index (Phi) is 4.75. The van der Waals surface area contributed by atoms with Gasteiger partial charge in [0.1, 0.15) is 0 Å². The first kappa shape index (κ1) is 16.8. The summed E-state index contributed by atoms with van der Waals surface area (Å²) >= 11 is 6.42. The predicted octanol–water partition coefficient (Wildman–Crippen LogP) is 4.15. The summed E-state index contributed by atoms with van der Waals surface area (Å²) in [5.41, 5.74) is 1.62. The highest BCUT2D eigenvalue weighted by Crippen LogP contribution is 2.43. The number of aliphatic hydroxyl groups is 1. The van der Waals surface area contributed by atoms with Crippen LogP contribution in [0, 0.1) is 11.3 Å². The molecule has 21 heavy (non-hydrogen) atoms. The van der Waals surface area contributed by atoms with Crippen LogP contribution in [0.3, 0.4) is 0 Å². The van der Waals surface area contributed by atoms with Crippen molar-refractivity contribution in [1.29, 1.82) is 0 Å². The quantitative estimate of drug-likeness (QED) is 0.910. The molecule has 3 nitrogen and oxygen atoms in total. The van der Waals surface area contributed by atoms with Crippen molar-refractivity contribution in [2.24, 2.45) is 18.4 Å². The van der Waals surface area contributed by atoms with Gasteiger partial charge in [-0.3, -0.25) is 4.68 Å². The lowest BCUT2D eigenvalue weighted by Crippen LogP contribution is -2.39. The van der Waals surface area contributed by atoms with E-state index in [0.717, 1.165) is 48.5 Å². The van der Waals surface area contributed by atoms with E-state index < -0.39 is 5.60 Å². The molecule has 1 aliphatic rings. The van der Waals surface area contributed by atoms with Crippen molar-refractivity contribution in [1.82, 2.24) is 9.78 Å². The van der Waals surface area contributed by atoms with Gasteiger partial charge in [-0.25, -0.2) is 0 Å². The van der Waals surface area contributed by atoms with Crippen molar-refractivity contribution in [3.63, 3.8) is 0 Å². The lowest BCUT2D eigenvalue weighted by molar-refractivity contribution is -0.0257. The molecule has 1 saturated carbocycles. The van der Waals surface area contributed by atoms with E-state index in [-0.39, 0.29) is 0 Å². The van der Waals surface area contributed by atoms with Gasteiger partial charge < -0.3 is 5.11 Å². The van der Waals surface area contributed by atoms with Gasteiger partial charge in [0, 0.05) is 13.5 Å². The summed E-state index contributed by atoms with van der Waals surface area (Å²) in [4.78, 5) is 0. The molecular formula is C17H29ClN2O. The molecule has 1 heterocycles. The number of aromatic nitrogens is 2. The highest BCUT2D eigenvalue weighted by atomic mass is 35.5. The van der Waals surface area contributed by atoms with Gasteiger partial charge >= 0.3 is 0 Å². The number of hydrogen-bond donors (Lipinski definition) is 1. The Morgan fingerprint density at radius 1 is 1.33 bits per heavy atom. The third-order valence-electron chi connectivity index (χ3n) is 5.14. The molecule has 0 aromatic carbocycles. The van der Waals surface area contributed by atoms with E-state index in [9.17, 15) is 5.11 Å². The minimum absolute atomic E-state index is 0.334. The first-order valence-electron chi connectivity index (χ1n) is 8.09. The summed E-state index contributed by atoms with van der Waals surface area (Å²) < 4.78 is 1.84. The molecular weight excluding hydrogens is 284 g/mol. The fourth-order valence-electron chi connectivity index (χ4n) is 3.52. The van der Waals surface area contributed by atoms with Crippen molar-refractivity contribution in [3.05, 3.63) is 16.4 Å². The lowest BCUT2D eigenvalue weighted by Gasteiger charge is -2.41. The van der Waals surface area contributed by atoms with Crippen LogP contribution in [0.1, 0.15) is 64.8 Å². The molecule has 0 aliphatic heterocycles. The largest absolute Gasteiger partial charge is 0.389 e. The highest BCUT2D eigenvalue weighted by Gasteiger charge is 2.38. The van der Waals surface area contributed by atoms with Crippen LogP contribution >= 0.6 is 11.6 Å². The number of hydrogen-bond acceptors (Lipinski definition) is 2. The van der Waals surface area contributed by atoms with Gasteiger partial charge in [-0.15, -0.1) is 0 Å². The molecule has 1 fully saturated rings. The second kappa shape index (κ2) is 5.92. The van der Waals surface area contributed by atoms with Gasteiger partial charge in [0.2, 0.25) is 0 Å².